The van der Waals surface area contributed by atoms with Gasteiger partial charge in [0.15, 0.2) is 0 Å². The zero-order valence-electron chi connectivity index (χ0n) is 9.13. The first kappa shape index (κ1) is 10.4. The summed E-state index contributed by atoms with van der Waals surface area (Å²) in [5.41, 5.74) is 1.87. The van der Waals surface area contributed by atoms with Crippen molar-refractivity contribution in [2.24, 2.45) is 0 Å². The third-order valence-corrected chi connectivity index (χ3v) is 2.89. The SMILES string of the molecule is O=C([NH2+]C1CCOC1)c1ccc2nonc2c1. The molecule has 1 saturated heterocycles. The first-order chi connectivity index (χ1) is 8.33. The van der Waals surface area contributed by atoms with Crippen LogP contribution in [-0.4, -0.2) is 35.5 Å². The zero-order valence-corrected chi connectivity index (χ0v) is 9.13. The molecule has 6 heteroatoms. The van der Waals surface area contributed by atoms with E-state index in [1.807, 2.05) is 0 Å². The Kier molecular flexibility index (Phi) is 2.58. The van der Waals surface area contributed by atoms with Gasteiger partial charge in [0.2, 0.25) is 0 Å². The summed E-state index contributed by atoms with van der Waals surface area (Å²) in [6.45, 7) is 1.38. The second-order valence-corrected chi connectivity index (χ2v) is 4.12. The van der Waals surface area contributed by atoms with Crippen LogP contribution in [0.15, 0.2) is 22.8 Å². The van der Waals surface area contributed by atoms with Crippen LogP contribution in [0.2, 0.25) is 0 Å². The van der Waals surface area contributed by atoms with Crippen molar-refractivity contribution in [1.29, 1.82) is 0 Å². The van der Waals surface area contributed by atoms with Gasteiger partial charge < -0.3 is 4.74 Å². The monoisotopic (exact) mass is 234 g/mol. The highest BCUT2D eigenvalue weighted by Crippen LogP contribution is 2.10. The minimum Gasteiger partial charge on any atom is -0.375 e. The third kappa shape index (κ3) is 2.04. The summed E-state index contributed by atoms with van der Waals surface area (Å²) >= 11 is 0. The Morgan fingerprint density at radius 1 is 1.35 bits per heavy atom. The molecular formula is C11H12N3O3+. The van der Waals surface area contributed by atoms with Gasteiger partial charge in [-0.25, -0.2) is 9.42 Å². The first-order valence-corrected chi connectivity index (χ1v) is 5.52. The third-order valence-electron chi connectivity index (χ3n) is 2.89. The lowest BCUT2D eigenvalue weighted by molar-refractivity contribution is -0.591. The molecule has 0 bridgehead atoms. The van der Waals surface area contributed by atoms with Crippen LogP contribution in [0, 0.1) is 0 Å². The number of ether oxygens (including phenoxy) is 1. The van der Waals surface area contributed by atoms with Crippen LogP contribution in [0.3, 0.4) is 0 Å². The molecule has 17 heavy (non-hydrogen) atoms. The molecule has 1 atom stereocenters. The van der Waals surface area contributed by atoms with Crippen molar-refractivity contribution in [2.75, 3.05) is 13.2 Å². The minimum atomic E-state index is 0.00500. The number of carbonyl (C=O) groups excluding carboxylic acids is 1. The summed E-state index contributed by atoms with van der Waals surface area (Å²) in [6.07, 6.45) is 0.916. The quantitative estimate of drug-likeness (QED) is 0.772. The molecule has 0 aliphatic carbocycles. The molecule has 2 aromatic rings. The topological polar surface area (TPSA) is 81.8 Å². The molecule has 1 unspecified atom stereocenters. The molecular weight excluding hydrogens is 222 g/mol. The Hall–Kier alpha value is -1.79. The van der Waals surface area contributed by atoms with Crippen LogP contribution >= 0.6 is 0 Å². The number of benzene rings is 1. The fourth-order valence-corrected chi connectivity index (χ4v) is 1.93. The van der Waals surface area contributed by atoms with Crippen LogP contribution in [0.1, 0.15) is 16.8 Å². The summed E-state index contributed by atoms with van der Waals surface area (Å²) in [5, 5.41) is 9.14. The van der Waals surface area contributed by atoms with E-state index in [0.29, 0.717) is 23.2 Å². The normalized spacial score (nSPS) is 19.9. The minimum absolute atomic E-state index is 0.00500. The number of aromatic nitrogens is 2. The van der Waals surface area contributed by atoms with E-state index in [1.165, 1.54) is 0 Å². The molecule has 3 rings (SSSR count). The predicted molar refractivity (Wildman–Crippen MR) is 57.3 cm³/mol. The fraction of sp³-hybridized carbons (Fsp3) is 0.364. The van der Waals surface area contributed by atoms with Gasteiger partial charge in [-0.1, -0.05) is 0 Å². The lowest BCUT2D eigenvalue weighted by atomic mass is 10.1. The van der Waals surface area contributed by atoms with Gasteiger partial charge >= 0.3 is 5.91 Å². The van der Waals surface area contributed by atoms with Crippen molar-refractivity contribution in [1.82, 2.24) is 10.3 Å². The smallest absolute Gasteiger partial charge is 0.342 e. The molecule has 1 amide bonds. The van der Waals surface area contributed by atoms with Crippen LogP contribution < -0.4 is 5.32 Å². The number of primary amides is 1. The highest BCUT2D eigenvalue weighted by Gasteiger charge is 2.23. The Balaban J connectivity index is 1.79. The van der Waals surface area contributed by atoms with Gasteiger partial charge in [0.1, 0.15) is 17.1 Å². The Bertz CT molecular complexity index is 546. The van der Waals surface area contributed by atoms with Crippen LogP contribution in [-0.2, 0) is 4.74 Å². The molecule has 6 nitrogen and oxygen atoms in total. The number of hydrogen-bond donors (Lipinski definition) is 1. The van der Waals surface area contributed by atoms with Gasteiger partial charge in [0.25, 0.3) is 0 Å². The number of carbonyl (C=O) groups is 1. The van der Waals surface area contributed by atoms with Gasteiger partial charge in [-0.2, -0.15) is 0 Å². The maximum absolute atomic E-state index is 12.0. The van der Waals surface area contributed by atoms with Crippen molar-refractivity contribution in [3.05, 3.63) is 23.8 Å². The highest BCUT2D eigenvalue weighted by atomic mass is 16.6. The lowest BCUT2D eigenvalue weighted by Gasteiger charge is -2.04. The van der Waals surface area contributed by atoms with E-state index in [2.05, 4.69) is 14.9 Å². The number of nitrogens with zero attached hydrogens (tertiary/aromatic N) is 2. The molecule has 1 fully saturated rings. The molecule has 1 aromatic carbocycles. The van der Waals surface area contributed by atoms with Crippen molar-refractivity contribution in [2.45, 2.75) is 12.5 Å². The number of quaternary nitrogens is 1. The molecule has 0 spiro atoms. The standard InChI is InChI=1S/C11H11N3O3/c15-11(12-8-3-4-16-6-8)7-1-2-9-10(5-7)14-17-13-9/h1-2,5,8H,3-4,6H2,(H,12,15)/p+1. The maximum atomic E-state index is 12.0. The number of amides is 1. The van der Waals surface area contributed by atoms with E-state index < -0.39 is 0 Å². The predicted octanol–water partition coefficient (Wildman–Crippen LogP) is -0.285. The van der Waals surface area contributed by atoms with Crippen molar-refractivity contribution in [3.63, 3.8) is 0 Å². The second-order valence-electron chi connectivity index (χ2n) is 4.12. The first-order valence-electron chi connectivity index (χ1n) is 5.52. The molecule has 1 aromatic heterocycles. The van der Waals surface area contributed by atoms with E-state index in [-0.39, 0.29) is 11.9 Å². The van der Waals surface area contributed by atoms with E-state index in [9.17, 15) is 4.79 Å². The number of fused-ring (bicyclic) bond motifs is 1. The molecule has 0 saturated carbocycles. The number of hydrogen-bond acceptors (Lipinski definition) is 5. The molecule has 2 N–H and O–H groups in total. The summed E-state index contributed by atoms with van der Waals surface area (Å²) in [5.74, 6) is 0.00500. The van der Waals surface area contributed by atoms with E-state index in [0.717, 1.165) is 13.0 Å². The van der Waals surface area contributed by atoms with Crippen LogP contribution in [0.25, 0.3) is 11.0 Å². The number of nitrogens with two attached hydrogens (primary N) is 1. The highest BCUT2D eigenvalue weighted by molar-refractivity contribution is 5.91. The van der Waals surface area contributed by atoms with Crippen LogP contribution in [0.4, 0.5) is 0 Å². The number of rotatable bonds is 2. The fourth-order valence-electron chi connectivity index (χ4n) is 1.93. The molecule has 1 aliphatic heterocycles. The summed E-state index contributed by atoms with van der Waals surface area (Å²) < 4.78 is 9.82. The van der Waals surface area contributed by atoms with Gasteiger partial charge in [-0.05, 0) is 28.5 Å². The van der Waals surface area contributed by atoms with Gasteiger partial charge in [0.05, 0.1) is 18.8 Å². The van der Waals surface area contributed by atoms with Gasteiger partial charge in [-0.3, -0.25) is 5.32 Å². The Labute approximate surface area is 96.9 Å². The zero-order chi connectivity index (χ0) is 11.7. The summed E-state index contributed by atoms with van der Waals surface area (Å²) in [7, 11) is 0. The van der Waals surface area contributed by atoms with Crippen LogP contribution in [0.5, 0.6) is 0 Å². The Morgan fingerprint density at radius 2 is 2.24 bits per heavy atom. The summed E-state index contributed by atoms with van der Waals surface area (Å²) in [4.78, 5) is 12.0. The van der Waals surface area contributed by atoms with Gasteiger partial charge in [-0.15, -0.1) is 0 Å². The van der Waals surface area contributed by atoms with Gasteiger partial charge in [0, 0.05) is 6.42 Å². The molecule has 88 valence electrons. The largest absolute Gasteiger partial charge is 0.375 e. The molecule has 2 heterocycles. The Morgan fingerprint density at radius 3 is 3.06 bits per heavy atom. The molecule has 0 radical (unpaired) electrons. The van der Waals surface area contributed by atoms with E-state index in [1.54, 1.807) is 23.5 Å². The van der Waals surface area contributed by atoms with E-state index in [4.69, 9.17) is 4.74 Å². The summed E-state index contributed by atoms with van der Waals surface area (Å²) in [6, 6.07) is 5.40. The lowest BCUT2D eigenvalue weighted by Crippen LogP contribution is -2.93. The second kappa shape index (κ2) is 4.23. The van der Waals surface area contributed by atoms with E-state index >= 15 is 0 Å². The van der Waals surface area contributed by atoms with Crippen molar-refractivity contribution >= 4 is 16.9 Å². The average Bonchev–Trinajstić information content (AvgIpc) is 2.97. The van der Waals surface area contributed by atoms with Crippen molar-refractivity contribution < 1.29 is 19.5 Å². The van der Waals surface area contributed by atoms with Crippen molar-refractivity contribution in [3.8, 4) is 0 Å². The molecule has 1 aliphatic rings. The average molecular weight is 234 g/mol. The maximum Gasteiger partial charge on any atom is 0.342 e.